The molecule has 2 saturated carbocycles. The summed E-state index contributed by atoms with van der Waals surface area (Å²) in [4.78, 5) is 211. The van der Waals surface area contributed by atoms with E-state index in [2.05, 4.69) is 46.4 Å². The molecule has 0 radical (unpaired) electrons. The van der Waals surface area contributed by atoms with Crippen molar-refractivity contribution < 1.29 is 116 Å². The molecule has 3 fully saturated rings. The van der Waals surface area contributed by atoms with Gasteiger partial charge in [-0.2, -0.15) is 15.1 Å². The van der Waals surface area contributed by atoms with Crippen LogP contribution in [0.4, 0.5) is 17.5 Å². The maximum atomic E-state index is 15.9. The number of carboxylic acids is 2. The summed E-state index contributed by atoms with van der Waals surface area (Å²) in [6.45, 7) is 24.2. The zero-order valence-corrected chi connectivity index (χ0v) is 87.1. The van der Waals surface area contributed by atoms with Gasteiger partial charge in [0.2, 0.25) is 18.0 Å². The fourth-order valence-corrected chi connectivity index (χ4v) is 20.2. The van der Waals surface area contributed by atoms with Crippen molar-refractivity contribution in [3.63, 3.8) is 0 Å². The Bertz CT molecular complexity index is 6220. The van der Waals surface area contributed by atoms with Crippen LogP contribution in [0.2, 0.25) is 0 Å². The van der Waals surface area contributed by atoms with Crippen LogP contribution in [0, 0.1) is 34.5 Å². The number of nitrogens with zero attached hydrogens (tertiary/aromatic N) is 6. The van der Waals surface area contributed by atoms with Gasteiger partial charge in [-0.05, 0) is 191 Å². The number of nitrogen functional groups attached to an aromatic ring is 2. The number of esters is 5. The number of rotatable bonds is 46. The molecule has 1 aliphatic heterocycles. The summed E-state index contributed by atoms with van der Waals surface area (Å²) in [5.41, 5.74) is 16.9. The number of ether oxygens (including phenoxy) is 6. The molecule has 8 aromatic rings. The number of fused-ring (bicyclic) bond motifs is 6. The average molecular weight is 2050 g/mol. The lowest BCUT2D eigenvalue weighted by Gasteiger charge is -2.67. The van der Waals surface area contributed by atoms with Crippen molar-refractivity contribution in [1.82, 2.24) is 41.3 Å². The number of unbranched alkanes of at least 4 members (excludes halogenated alkanes) is 2. The number of aliphatic hydroxyl groups is 2. The van der Waals surface area contributed by atoms with Gasteiger partial charge in [0.1, 0.15) is 47.3 Å². The van der Waals surface area contributed by atoms with Crippen LogP contribution in [0.1, 0.15) is 257 Å². The molecule has 14 N–H and O–H groups in total. The highest BCUT2D eigenvalue weighted by Gasteiger charge is 2.78. The molecule has 37 nitrogen and oxygen atoms in total. The predicted molar refractivity (Wildman–Crippen MR) is 554 cm³/mol. The lowest BCUT2D eigenvalue weighted by atomic mass is 9.44. The molecule has 3 heterocycles. The molecule has 2 bridgehead atoms. The number of carboxylic acid groups (broad SMARTS) is 2. The summed E-state index contributed by atoms with van der Waals surface area (Å²) in [5.74, 6) is -15.3. The SMILES string of the molecule is CC(=O)O[C@@H]1C(=O)[C@]2(C)C([C@@H](OC(=O)c3ccccc3)[C@@]3(O)C[C@@H](OC(=O)[C@@H](OC(=O)c4ccc(/C(C)=N/NC(C)(C)C)cc4)[C@H](CC(=O)c4ccccc4)c4ccccc4)C(C)=C1C3(C)C)[C@@]1(OC(C)=O)CO[C@H]1C[C@H]2O.CC(NC(C)(C)C)C(=O)CC(Cc1ccccc1)C(=O)CC(CCCCN)C(=O)CC(CCCCNC(=O)CCC(NC(=O)c1ccc(N(C)Cc2cnc3nc(N)nc(N)c3n2)cc1)C(=O)O)C(=O)O. The number of amides is 2. The topological polar surface area (TPSA) is 569 Å². The van der Waals surface area contributed by atoms with E-state index in [-0.39, 0.29) is 144 Å². The number of aromatic nitrogens is 4. The first kappa shape index (κ1) is 115. The van der Waals surface area contributed by atoms with Crippen molar-refractivity contribution in [3.8, 4) is 0 Å². The van der Waals surface area contributed by atoms with E-state index in [1.54, 1.807) is 149 Å². The van der Waals surface area contributed by atoms with E-state index in [1.807, 2.05) is 83.8 Å². The molecule has 37 heteroatoms. The number of hydrazone groups is 1. The lowest BCUT2D eigenvalue weighted by Crippen LogP contribution is -2.82. The molecule has 149 heavy (non-hydrogen) atoms. The van der Waals surface area contributed by atoms with Crippen LogP contribution in [-0.4, -0.2) is 226 Å². The summed E-state index contributed by atoms with van der Waals surface area (Å²) in [6, 6.07) is 45.2. The maximum absolute atomic E-state index is 15.9. The van der Waals surface area contributed by atoms with Gasteiger partial charge in [-0.25, -0.2) is 29.1 Å². The number of nitrogens with one attached hydrogen (secondary N) is 4. The van der Waals surface area contributed by atoms with Gasteiger partial charge in [0, 0.05) is 123 Å². The van der Waals surface area contributed by atoms with Crippen molar-refractivity contribution in [1.29, 1.82) is 0 Å². The number of anilines is 3. The number of aliphatic carboxylic acids is 2. The molecular weight excluding hydrogens is 1910 g/mol. The fourth-order valence-electron chi connectivity index (χ4n) is 20.2. The van der Waals surface area contributed by atoms with Crippen LogP contribution in [0.5, 0.6) is 0 Å². The number of nitrogens with two attached hydrogens (primary N) is 3. The standard InChI is InChI=1S/C61H68N2O15.C51H71N11O9/c1-34-45(75-56(71)49(43(39-20-14-11-15-21-39)30-44(66)40-22-16-12-17-23-40)76-54(69)42-28-26-38(27-29-42)35(2)62-63-57(5,6)7)32-61(72)53(77-55(70)41-24-18-13-19-25-41)51-59(10,46(67)31-47-60(51,33-73-47)78-37(4)65)52(68)50(74-36(3)64)48(34)58(61,8)9;1-31(61-51(2,3)4)40(63)28-36(25-32-13-7-6-8-14-32)42(65)26-34(15-9-11-23-52)41(64)27-35(48(68)69)16-10-12-24-55-43(66)22-21-39(49(70)71)58-47(67)33-17-19-38(20-18-33)62(5)30-37-29-56-46-44(57-37)45(53)59-50(54)60-46/h11-29,43,45-47,49-51,53,63,67,72H,30-33H2,1-10H3;6-8,13-14,17-20,29,31,34-36,39,61H,9-12,15-16,21-28,30,52H2,1-5H3,(H,55,66)(H,58,67)(H,68,69)(H,70,71)(H4,53,54,56,59,60)/b62-35+;/t43-,45-,46-,47+,49+,50+,51?,53-,59+,60-,61+;/m1./s1. The van der Waals surface area contributed by atoms with E-state index in [4.69, 9.17) is 45.6 Å². The molecular formula is C112H139N13O24. The number of benzene rings is 6. The highest BCUT2D eigenvalue weighted by Crippen LogP contribution is 2.65. The summed E-state index contributed by atoms with van der Waals surface area (Å²) in [6.07, 6.45) is -7.47. The number of carbonyl (C=O) groups excluding carboxylic acids is 12. The van der Waals surface area contributed by atoms with Gasteiger partial charge in [0.05, 0.1) is 71.3 Å². The van der Waals surface area contributed by atoms with Crippen LogP contribution in [0.25, 0.3) is 11.2 Å². The summed E-state index contributed by atoms with van der Waals surface area (Å²) in [5, 5.41) is 59.2. The predicted octanol–water partition coefficient (Wildman–Crippen LogP) is 12.0. The highest BCUT2D eigenvalue weighted by atomic mass is 16.6. The molecule has 1 saturated heterocycles. The van der Waals surface area contributed by atoms with Crippen molar-refractivity contribution in [2.45, 2.75) is 277 Å². The van der Waals surface area contributed by atoms with Gasteiger partial charge in [-0.1, -0.05) is 148 Å². The average Bonchev–Trinajstić information content (AvgIpc) is 0.665. The first-order chi connectivity index (χ1) is 70.4. The highest BCUT2D eigenvalue weighted by molar-refractivity contribution is 6.02. The number of ketones is 5. The molecule has 0 spiro atoms. The molecule has 6 aromatic carbocycles. The second-order valence-electron chi connectivity index (χ2n) is 41.8. The first-order valence-electron chi connectivity index (χ1n) is 50.2. The van der Waals surface area contributed by atoms with Crippen molar-refractivity contribution in [3.05, 3.63) is 232 Å². The van der Waals surface area contributed by atoms with Gasteiger partial charge in [-0.3, -0.25) is 47.9 Å². The zero-order chi connectivity index (χ0) is 109. The van der Waals surface area contributed by atoms with E-state index >= 15 is 9.59 Å². The third-order valence-electron chi connectivity index (χ3n) is 28.2. The maximum Gasteiger partial charge on any atom is 0.348 e. The molecule has 796 valence electrons. The second-order valence-corrected chi connectivity index (χ2v) is 41.8. The Labute approximate surface area is 866 Å². The van der Waals surface area contributed by atoms with Crippen LogP contribution < -0.4 is 43.5 Å². The zero-order valence-electron chi connectivity index (χ0n) is 87.1. The molecule has 3 aliphatic carbocycles. The lowest BCUT2D eigenvalue weighted by molar-refractivity contribution is -0.346. The monoisotopic (exact) mass is 2050 g/mol. The minimum atomic E-state index is -2.47. The third kappa shape index (κ3) is 29.0. The number of hydrogen-bond acceptors (Lipinski definition) is 33. The van der Waals surface area contributed by atoms with Gasteiger partial charge >= 0.3 is 41.8 Å². The quantitative estimate of drug-likeness (QED) is 0.00321. The normalized spacial score (nSPS) is 21.2. The first-order valence-corrected chi connectivity index (χ1v) is 50.2. The molecule has 16 atom stereocenters. The molecule has 4 aliphatic rings. The van der Waals surface area contributed by atoms with Crippen molar-refractivity contribution in [2.24, 2.45) is 45.3 Å². The van der Waals surface area contributed by atoms with Crippen LogP contribution in [0.15, 0.2) is 192 Å². The Morgan fingerprint density at radius 3 is 1.81 bits per heavy atom. The minimum Gasteiger partial charge on any atom is -0.481 e. The summed E-state index contributed by atoms with van der Waals surface area (Å²) in [7, 11) is 1.81. The van der Waals surface area contributed by atoms with Crippen LogP contribution in [-0.2, 0) is 89.3 Å². The third-order valence-corrected chi connectivity index (χ3v) is 28.2. The van der Waals surface area contributed by atoms with Gasteiger partial charge in [0.15, 0.2) is 40.3 Å². The Morgan fingerprint density at radius 2 is 1.21 bits per heavy atom. The fraction of sp³-hybridized carbons (Fsp3) is 0.473. The van der Waals surface area contributed by atoms with E-state index in [1.165, 1.54) is 38.1 Å². The Kier molecular flexibility index (Phi) is 38.7. The van der Waals surface area contributed by atoms with Crippen molar-refractivity contribution in [2.75, 3.05) is 43.1 Å². The van der Waals surface area contributed by atoms with Gasteiger partial charge in [-0.15, -0.1) is 0 Å². The molecule has 2 amide bonds. The Hall–Kier alpha value is -14.3. The summed E-state index contributed by atoms with van der Waals surface area (Å²) < 4.78 is 37.4. The molecule has 6 unspecified atom stereocenters. The number of aliphatic hydroxyl groups excluding tert-OH is 1. The van der Waals surface area contributed by atoms with E-state index in [0.29, 0.717) is 85.2 Å². The van der Waals surface area contributed by atoms with Crippen molar-refractivity contribution >= 4 is 117 Å². The van der Waals surface area contributed by atoms with Crippen LogP contribution >= 0.6 is 0 Å². The van der Waals surface area contributed by atoms with Crippen LogP contribution in [0.3, 0.4) is 0 Å². The number of Topliss-reactive ketones (excluding diaryl/α,β-unsaturated/α-hetero) is 5. The number of carbonyl (C=O) groups is 14. The van der Waals surface area contributed by atoms with E-state index < -0.39 is 166 Å². The van der Waals surface area contributed by atoms with E-state index in [0.717, 1.165) is 25.1 Å². The van der Waals surface area contributed by atoms with Gasteiger partial charge in [0.25, 0.3) is 5.91 Å². The Morgan fingerprint density at radius 1 is 0.638 bits per heavy atom. The van der Waals surface area contributed by atoms with Gasteiger partial charge < -0.3 is 92.3 Å². The minimum absolute atomic E-state index is 0.000458. The molecule has 12 rings (SSSR count). The molecule has 2 aromatic heterocycles. The smallest absolute Gasteiger partial charge is 0.348 e. The summed E-state index contributed by atoms with van der Waals surface area (Å²) >= 11 is 0. The number of hydrogen-bond donors (Lipinski definition) is 11. The largest absolute Gasteiger partial charge is 0.481 e. The van der Waals surface area contributed by atoms with E-state index in [9.17, 15) is 78.0 Å². The Balaban J connectivity index is 0.000000284. The second kappa shape index (κ2) is 50.2.